The van der Waals surface area contributed by atoms with Crippen LogP contribution in [0.2, 0.25) is 0 Å². The van der Waals surface area contributed by atoms with E-state index < -0.39 is 0 Å². The Balaban J connectivity index is 1.70. The van der Waals surface area contributed by atoms with Gasteiger partial charge in [0.2, 0.25) is 0 Å². The number of benzene rings is 1. The van der Waals surface area contributed by atoms with Crippen molar-refractivity contribution in [1.29, 1.82) is 0 Å². The van der Waals surface area contributed by atoms with E-state index in [1.54, 1.807) is 6.20 Å². The maximum Gasteiger partial charge on any atom is 0.324 e. The molecule has 0 spiro atoms. The molecule has 116 valence electrons. The summed E-state index contributed by atoms with van der Waals surface area (Å²) in [4.78, 5) is 18.4. The third-order valence-corrected chi connectivity index (χ3v) is 4.42. The van der Waals surface area contributed by atoms with Gasteiger partial charge in [0.25, 0.3) is 0 Å². The Morgan fingerprint density at radius 3 is 2.95 bits per heavy atom. The van der Waals surface area contributed by atoms with Crippen LogP contribution in [-0.4, -0.2) is 29.1 Å². The number of rotatable bonds is 4. The normalized spacial score (nSPS) is 17.5. The lowest BCUT2D eigenvalue weighted by Gasteiger charge is -2.25. The summed E-state index contributed by atoms with van der Waals surface area (Å²) in [6, 6.07) is 8.07. The number of anilines is 1. The average molecular weight is 317 g/mol. The Bertz CT molecular complexity index is 613. The van der Waals surface area contributed by atoms with Crippen LogP contribution in [-0.2, 0) is 0 Å². The second-order valence-electron chi connectivity index (χ2n) is 5.12. The standard InChI is InChI=1S/C16H19N3O2S/c1-2-21-13-7-5-12(6-8-13)14-4-3-10-19(14)16(20)18-15-17-9-11-22-15/h5-9,11,14H,2-4,10H2,1H3,(H,17,18,20). The SMILES string of the molecule is CCOc1ccc(C2CCCN2C(=O)Nc2nccs2)cc1. The fraction of sp³-hybridized carbons (Fsp3) is 0.375. The summed E-state index contributed by atoms with van der Waals surface area (Å²) in [7, 11) is 0. The number of hydrogen-bond donors (Lipinski definition) is 1. The minimum Gasteiger partial charge on any atom is -0.494 e. The highest BCUT2D eigenvalue weighted by atomic mass is 32.1. The second-order valence-corrected chi connectivity index (χ2v) is 6.02. The molecule has 1 saturated heterocycles. The topological polar surface area (TPSA) is 54.5 Å². The molecule has 2 amide bonds. The molecule has 6 heteroatoms. The van der Waals surface area contributed by atoms with Crippen molar-refractivity contribution in [2.24, 2.45) is 0 Å². The van der Waals surface area contributed by atoms with Crippen molar-refractivity contribution in [2.45, 2.75) is 25.8 Å². The van der Waals surface area contributed by atoms with Gasteiger partial charge < -0.3 is 9.64 Å². The van der Waals surface area contributed by atoms with Crippen LogP contribution in [0.25, 0.3) is 0 Å². The van der Waals surface area contributed by atoms with Gasteiger partial charge in [0, 0.05) is 18.1 Å². The van der Waals surface area contributed by atoms with Gasteiger partial charge >= 0.3 is 6.03 Å². The van der Waals surface area contributed by atoms with E-state index in [9.17, 15) is 4.79 Å². The molecule has 1 aliphatic rings. The molecule has 0 aliphatic carbocycles. The van der Waals surface area contributed by atoms with Crippen molar-refractivity contribution in [3.8, 4) is 5.75 Å². The van der Waals surface area contributed by atoms with Gasteiger partial charge in [0.15, 0.2) is 5.13 Å². The first-order valence-electron chi connectivity index (χ1n) is 7.48. The largest absolute Gasteiger partial charge is 0.494 e. The Labute approximate surface area is 133 Å². The molecular weight excluding hydrogens is 298 g/mol. The molecule has 1 atom stereocenters. The number of likely N-dealkylation sites (tertiary alicyclic amines) is 1. The highest BCUT2D eigenvalue weighted by Gasteiger charge is 2.30. The average Bonchev–Trinajstić information content (AvgIpc) is 3.19. The molecule has 0 bridgehead atoms. The molecule has 1 aromatic carbocycles. The second kappa shape index (κ2) is 6.79. The molecular formula is C16H19N3O2S. The van der Waals surface area contributed by atoms with E-state index >= 15 is 0 Å². The first-order chi connectivity index (χ1) is 10.8. The molecule has 0 radical (unpaired) electrons. The molecule has 1 aromatic heterocycles. The number of amides is 2. The van der Waals surface area contributed by atoms with E-state index in [-0.39, 0.29) is 12.1 Å². The van der Waals surface area contributed by atoms with E-state index in [2.05, 4.69) is 10.3 Å². The zero-order valence-electron chi connectivity index (χ0n) is 12.5. The number of nitrogens with zero attached hydrogens (tertiary/aromatic N) is 2. The molecule has 22 heavy (non-hydrogen) atoms. The number of thiazole rings is 1. The predicted molar refractivity (Wildman–Crippen MR) is 87.4 cm³/mol. The molecule has 1 aliphatic heterocycles. The van der Waals surface area contributed by atoms with Gasteiger partial charge in [0.05, 0.1) is 12.6 Å². The quantitative estimate of drug-likeness (QED) is 0.930. The third-order valence-electron chi connectivity index (χ3n) is 3.74. The summed E-state index contributed by atoms with van der Waals surface area (Å²) in [5, 5.41) is 5.36. The third kappa shape index (κ3) is 3.22. The van der Waals surface area contributed by atoms with Gasteiger partial charge in [-0.25, -0.2) is 9.78 Å². The lowest BCUT2D eigenvalue weighted by atomic mass is 10.0. The van der Waals surface area contributed by atoms with E-state index in [1.807, 2.05) is 41.5 Å². The molecule has 1 N–H and O–H groups in total. The number of ether oxygens (including phenoxy) is 1. The number of hydrogen-bond acceptors (Lipinski definition) is 4. The van der Waals surface area contributed by atoms with Crippen LogP contribution in [0, 0.1) is 0 Å². The summed E-state index contributed by atoms with van der Waals surface area (Å²) in [6.07, 6.45) is 3.69. The van der Waals surface area contributed by atoms with Crippen LogP contribution in [0.15, 0.2) is 35.8 Å². The Morgan fingerprint density at radius 1 is 1.45 bits per heavy atom. The van der Waals surface area contributed by atoms with Crippen molar-refractivity contribution >= 4 is 22.5 Å². The number of urea groups is 1. The summed E-state index contributed by atoms with van der Waals surface area (Å²) < 4.78 is 5.47. The van der Waals surface area contributed by atoms with Crippen molar-refractivity contribution in [1.82, 2.24) is 9.88 Å². The van der Waals surface area contributed by atoms with Crippen molar-refractivity contribution in [2.75, 3.05) is 18.5 Å². The summed E-state index contributed by atoms with van der Waals surface area (Å²) in [6.45, 7) is 3.40. The van der Waals surface area contributed by atoms with E-state index in [0.29, 0.717) is 11.7 Å². The number of carbonyl (C=O) groups excluding carboxylic acids is 1. The predicted octanol–water partition coefficient (Wildman–Crippen LogP) is 3.91. The Hall–Kier alpha value is -2.08. The van der Waals surface area contributed by atoms with E-state index in [4.69, 9.17) is 4.74 Å². The summed E-state index contributed by atoms with van der Waals surface area (Å²) >= 11 is 1.43. The zero-order chi connectivity index (χ0) is 15.4. The first kappa shape index (κ1) is 14.8. The van der Waals surface area contributed by atoms with Crippen molar-refractivity contribution in [3.63, 3.8) is 0 Å². The van der Waals surface area contributed by atoms with Crippen molar-refractivity contribution in [3.05, 3.63) is 41.4 Å². The Kier molecular flexibility index (Phi) is 4.58. The molecule has 1 unspecified atom stereocenters. The fourth-order valence-corrected chi connectivity index (χ4v) is 3.28. The summed E-state index contributed by atoms with van der Waals surface area (Å²) in [5.74, 6) is 0.864. The maximum atomic E-state index is 12.4. The van der Waals surface area contributed by atoms with Crippen LogP contribution in [0.4, 0.5) is 9.93 Å². The monoisotopic (exact) mass is 317 g/mol. The minimum absolute atomic E-state index is 0.0775. The van der Waals surface area contributed by atoms with Gasteiger partial charge in [-0.3, -0.25) is 5.32 Å². The smallest absolute Gasteiger partial charge is 0.324 e. The number of aromatic nitrogens is 1. The first-order valence-corrected chi connectivity index (χ1v) is 8.35. The molecule has 0 saturated carbocycles. The highest BCUT2D eigenvalue weighted by Crippen LogP contribution is 2.33. The van der Waals surface area contributed by atoms with Crippen LogP contribution in [0.5, 0.6) is 5.75 Å². The molecule has 5 nitrogen and oxygen atoms in total. The lowest BCUT2D eigenvalue weighted by Crippen LogP contribution is -2.34. The van der Waals surface area contributed by atoms with Gasteiger partial charge in [-0.2, -0.15) is 0 Å². The van der Waals surface area contributed by atoms with Gasteiger partial charge in [-0.05, 0) is 37.5 Å². The molecule has 2 aromatic rings. The van der Waals surface area contributed by atoms with E-state index in [1.165, 1.54) is 11.3 Å². The van der Waals surface area contributed by atoms with Gasteiger partial charge in [0.1, 0.15) is 5.75 Å². The zero-order valence-corrected chi connectivity index (χ0v) is 13.3. The number of carbonyl (C=O) groups is 1. The van der Waals surface area contributed by atoms with Crippen LogP contribution in [0.3, 0.4) is 0 Å². The van der Waals surface area contributed by atoms with Crippen LogP contribution < -0.4 is 10.1 Å². The fourth-order valence-electron chi connectivity index (χ4n) is 2.76. The number of nitrogens with one attached hydrogen (secondary N) is 1. The molecule has 2 heterocycles. The maximum absolute atomic E-state index is 12.4. The minimum atomic E-state index is -0.0775. The van der Waals surface area contributed by atoms with Crippen LogP contribution >= 0.6 is 11.3 Å². The highest BCUT2D eigenvalue weighted by molar-refractivity contribution is 7.13. The molecule has 3 rings (SSSR count). The lowest BCUT2D eigenvalue weighted by molar-refractivity contribution is 0.207. The molecule has 1 fully saturated rings. The van der Waals surface area contributed by atoms with Crippen molar-refractivity contribution < 1.29 is 9.53 Å². The Morgan fingerprint density at radius 2 is 2.27 bits per heavy atom. The van der Waals surface area contributed by atoms with Gasteiger partial charge in [-0.15, -0.1) is 11.3 Å². The van der Waals surface area contributed by atoms with E-state index in [0.717, 1.165) is 30.7 Å². The van der Waals surface area contributed by atoms with Crippen LogP contribution in [0.1, 0.15) is 31.4 Å². The summed E-state index contributed by atoms with van der Waals surface area (Å²) in [5.41, 5.74) is 1.15. The van der Waals surface area contributed by atoms with Gasteiger partial charge in [-0.1, -0.05) is 12.1 Å².